The molecule has 0 fully saturated rings. The Balaban J connectivity index is 5.42. The Hall–Kier alpha value is -3.75. The zero-order valence-corrected chi connectivity index (χ0v) is 18.8. The molecule has 0 aromatic heterocycles. The van der Waals surface area contributed by atoms with Crippen molar-refractivity contribution in [2.24, 2.45) is 17.4 Å². The first-order valence-electron chi connectivity index (χ1n) is 10.3. The first-order chi connectivity index (χ1) is 15.6. The molecule has 0 rings (SSSR count). The molecule has 4 atom stereocenters. The molecule has 15 nitrogen and oxygen atoms in total. The highest BCUT2D eigenvalue weighted by Gasteiger charge is 2.32. The minimum absolute atomic E-state index is 0.240. The molecule has 0 aliphatic heterocycles. The van der Waals surface area contributed by atoms with Gasteiger partial charge in [-0.2, -0.15) is 0 Å². The number of hydrogen-bond donors (Lipinski definition) is 8. The van der Waals surface area contributed by atoms with Crippen molar-refractivity contribution in [2.75, 3.05) is 0 Å². The molecule has 0 bridgehead atoms. The molecule has 0 radical (unpaired) electrons. The van der Waals surface area contributed by atoms with Crippen LogP contribution in [0.5, 0.6) is 0 Å². The van der Waals surface area contributed by atoms with Crippen LogP contribution in [0.15, 0.2) is 0 Å². The van der Waals surface area contributed by atoms with E-state index in [1.165, 1.54) is 13.8 Å². The molecule has 0 aliphatic carbocycles. The van der Waals surface area contributed by atoms with E-state index in [4.69, 9.17) is 21.7 Å². The number of hydrogen-bond acceptors (Lipinski definition) is 8. The van der Waals surface area contributed by atoms with Crippen LogP contribution in [0, 0.1) is 5.92 Å². The van der Waals surface area contributed by atoms with Crippen LogP contribution in [0.4, 0.5) is 0 Å². The van der Waals surface area contributed by atoms with Crippen LogP contribution in [0.2, 0.25) is 0 Å². The van der Waals surface area contributed by atoms with Gasteiger partial charge in [0, 0.05) is 12.8 Å². The van der Waals surface area contributed by atoms with Gasteiger partial charge in [0.05, 0.1) is 12.5 Å². The monoisotopic (exact) mass is 489 g/mol. The van der Waals surface area contributed by atoms with E-state index in [-0.39, 0.29) is 6.42 Å². The number of amides is 4. The van der Waals surface area contributed by atoms with Crippen LogP contribution in [-0.4, -0.2) is 81.0 Å². The number of carbonyl (C=O) groups is 7. The third-order valence-corrected chi connectivity index (χ3v) is 4.55. The predicted octanol–water partition coefficient (Wildman–Crippen LogP) is -2.89. The fourth-order valence-electron chi connectivity index (χ4n) is 2.67. The van der Waals surface area contributed by atoms with Crippen molar-refractivity contribution in [3.8, 4) is 0 Å². The number of aliphatic carboxylic acids is 3. The second kappa shape index (κ2) is 14.4. The van der Waals surface area contributed by atoms with Crippen LogP contribution >= 0.6 is 0 Å². The molecule has 0 aliphatic rings. The number of carboxylic acid groups (broad SMARTS) is 3. The first-order valence-corrected chi connectivity index (χ1v) is 10.3. The summed E-state index contributed by atoms with van der Waals surface area (Å²) in [6.45, 7) is 3.06. The quantitative estimate of drug-likeness (QED) is 0.109. The van der Waals surface area contributed by atoms with Gasteiger partial charge in [0.2, 0.25) is 23.6 Å². The first kappa shape index (κ1) is 30.2. The molecule has 4 unspecified atom stereocenters. The van der Waals surface area contributed by atoms with E-state index in [1.54, 1.807) is 0 Å². The van der Waals surface area contributed by atoms with Gasteiger partial charge in [-0.15, -0.1) is 0 Å². The van der Waals surface area contributed by atoms with Crippen LogP contribution in [0.3, 0.4) is 0 Å². The van der Waals surface area contributed by atoms with Crippen molar-refractivity contribution in [3.63, 3.8) is 0 Å². The average molecular weight is 489 g/mol. The van der Waals surface area contributed by atoms with Crippen molar-refractivity contribution in [1.29, 1.82) is 0 Å². The van der Waals surface area contributed by atoms with E-state index in [0.29, 0.717) is 0 Å². The summed E-state index contributed by atoms with van der Waals surface area (Å²) in [5.74, 6) is -8.33. The topological polar surface area (TPSA) is 268 Å². The van der Waals surface area contributed by atoms with E-state index >= 15 is 0 Å². The number of nitrogens with one attached hydrogen (secondary N) is 3. The lowest BCUT2D eigenvalue weighted by Gasteiger charge is -2.26. The zero-order valence-electron chi connectivity index (χ0n) is 18.8. The smallest absolute Gasteiger partial charge is 0.326 e. The number of carbonyl (C=O) groups excluding carboxylic acids is 4. The standard InChI is InChI=1S/C19H31N5O10/c1-8(2)15(18(32)22-10(19(33)34)4-6-14(28)29)24-17(31)11(7-12(21)25)23-16(30)9(20)3-5-13(26)27/h8-11,15H,3-7,20H2,1-2H3,(H2,21,25)(H,22,32)(H,23,30)(H,24,31)(H,26,27)(H,28,29)(H,33,34). The summed E-state index contributed by atoms with van der Waals surface area (Å²) in [6.07, 6.45) is -2.24. The third kappa shape index (κ3) is 11.8. The summed E-state index contributed by atoms with van der Waals surface area (Å²) in [7, 11) is 0. The number of nitrogens with two attached hydrogens (primary N) is 2. The van der Waals surface area contributed by atoms with Gasteiger partial charge in [-0.3, -0.25) is 28.8 Å². The summed E-state index contributed by atoms with van der Waals surface area (Å²) in [6, 6.07) is -5.69. The minimum atomic E-state index is -1.54. The minimum Gasteiger partial charge on any atom is -0.481 e. The lowest BCUT2D eigenvalue weighted by molar-refractivity contribution is -0.144. The van der Waals surface area contributed by atoms with Gasteiger partial charge in [-0.25, -0.2) is 4.79 Å². The van der Waals surface area contributed by atoms with Gasteiger partial charge in [0.1, 0.15) is 18.1 Å². The van der Waals surface area contributed by atoms with Crippen LogP contribution in [0.25, 0.3) is 0 Å². The summed E-state index contributed by atoms with van der Waals surface area (Å²) in [5, 5.41) is 33.3. The molecule has 34 heavy (non-hydrogen) atoms. The van der Waals surface area contributed by atoms with Crippen molar-refractivity contribution >= 4 is 41.5 Å². The van der Waals surface area contributed by atoms with Crippen LogP contribution in [0.1, 0.15) is 46.0 Å². The molecule has 10 N–H and O–H groups in total. The molecule has 0 saturated carbocycles. The Labute approximate surface area is 194 Å². The Morgan fingerprint density at radius 2 is 1.24 bits per heavy atom. The summed E-state index contributed by atoms with van der Waals surface area (Å²) in [5.41, 5.74) is 10.7. The van der Waals surface area contributed by atoms with Gasteiger partial charge in [-0.05, 0) is 18.8 Å². The molecule has 0 heterocycles. The van der Waals surface area contributed by atoms with Gasteiger partial charge in [-0.1, -0.05) is 13.8 Å². The van der Waals surface area contributed by atoms with Crippen LogP contribution in [-0.2, 0) is 33.6 Å². The fourth-order valence-corrected chi connectivity index (χ4v) is 2.67. The zero-order chi connectivity index (χ0) is 26.6. The molecular weight excluding hydrogens is 458 g/mol. The van der Waals surface area contributed by atoms with Gasteiger partial charge in [0.15, 0.2) is 0 Å². The lowest BCUT2D eigenvalue weighted by Crippen LogP contribution is -2.59. The van der Waals surface area contributed by atoms with Crippen molar-refractivity contribution < 1.29 is 48.9 Å². The SMILES string of the molecule is CC(C)C(NC(=O)C(CC(N)=O)NC(=O)C(N)CCC(=O)O)C(=O)NC(CCC(=O)O)C(=O)O. The molecule has 0 saturated heterocycles. The van der Waals surface area contributed by atoms with Crippen molar-refractivity contribution in [1.82, 2.24) is 16.0 Å². The molecule has 4 amide bonds. The number of primary amides is 1. The van der Waals surface area contributed by atoms with Crippen molar-refractivity contribution in [2.45, 2.75) is 70.1 Å². The Bertz CT molecular complexity index is 800. The maximum absolute atomic E-state index is 12.7. The lowest BCUT2D eigenvalue weighted by atomic mass is 10.0. The van der Waals surface area contributed by atoms with Crippen LogP contribution < -0.4 is 27.4 Å². The van der Waals surface area contributed by atoms with E-state index in [9.17, 15) is 38.7 Å². The molecule has 0 spiro atoms. The maximum atomic E-state index is 12.7. The van der Waals surface area contributed by atoms with E-state index in [1.807, 2.05) is 0 Å². The van der Waals surface area contributed by atoms with E-state index in [0.717, 1.165) is 0 Å². The summed E-state index contributed by atoms with van der Waals surface area (Å²) >= 11 is 0. The molecule has 0 aromatic carbocycles. The average Bonchev–Trinajstić information content (AvgIpc) is 2.71. The summed E-state index contributed by atoms with van der Waals surface area (Å²) in [4.78, 5) is 81.6. The second-order valence-corrected chi connectivity index (χ2v) is 7.83. The van der Waals surface area contributed by atoms with Gasteiger partial charge < -0.3 is 42.7 Å². The molecule has 15 heteroatoms. The Morgan fingerprint density at radius 3 is 1.68 bits per heavy atom. The highest BCUT2D eigenvalue weighted by molar-refractivity contribution is 5.96. The Morgan fingerprint density at radius 1 is 0.735 bits per heavy atom. The predicted molar refractivity (Wildman–Crippen MR) is 114 cm³/mol. The highest BCUT2D eigenvalue weighted by atomic mass is 16.4. The van der Waals surface area contributed by atoms with E-state index in [2.05, 4.69) is 16.0 Å². The number of carboxylic acids is 3. The summed E-state index contributed by atoms with van der Waals surface area (Å²) < 4.78 is 0. The third-order valence-electron chi connectivity index (χ3n) is 4.55. The maximum Gasteiger partial charge on any atom is 0.326 e. The van der Waals surface area contributed by atoms with Crippen molar-refractivity contribution in [3.05, 3.63) is 0 Å². The fraction of sp³-hybridized carbons (Fsp3) is 0.632. The highest BCUT2D eigenvalue weighted by Crippen LogP contribution is 2.07. The van der Waals surface area contributed by atoms with Gasteiger partial charge >= 0.3 is 17.9 Å². The second-order valence-electron chi connectivity index (χ2n) is 7.83. The largest absolute Gasteiger partial charge is 0.481 e. The molecular formula is C19H31N5O10. The normalized spacial score (nSPS) is 14.2. The molecule has 0 aromatic rings. The van der Waals surface area contributed by atoms with Gasteiger partial charge in [0.25, 0.3) is 0 Å². The Kier molecular flexibility index (Phi) is 12.8. The van der Waals surface area contributed by atoms with E-state index < -0.39 is 97.3 Å². The molecule has 192 valence electrons. The number of rotatable bonds is 16.